The van der Waals surface area contributed by atoms with E-state index < -0.39 is 0 Å². The van der Waals surface area contributed by atoms with E-state index >= 15 is 0 Å². The van der Waals surface area contributed by atoms with Crippen molar-refractivity contribution in [3.8, 4) is 11.3 Å². The van der Waals surface area contributed by atoms with Gasteiger partial charge in [0.25, 0.3) is 0 Å². The average molecular weight is 428 g/mol. The predicted molar refractivity (Wildman–Crippen MR) is 126 cm³/mol. The third kappa shape index (κ3) is 4.25. The molecule has 162 valence electrons. The molecule has 0 aliphatic heterocycles. The molecule has 3 aromatic carbocycles. The van der Waals surface area contributed by atoms with Crippen molar-refractivity contribution < 1.29 is 9.50 Å². The number of aliphatic hydroxyl groups is 1. The Morgan fingerprint density at radius 3 is 2.50 bits per heavy atom. The number of aliphatic hydroxyl groups excluding tert-OH is 1. The maximum Gasteiger partial charge on any atom is 0.227 e. The fraction of sp³-hybridized carbons (Fsp3) is 0.185. The summed E-state index contributed by atoms with van der Waals surface area (Å²) in [6.07, 6.45) is 2.47. The number of halogens is 1. The normalized spacial score (nSPS) is 13.9. The van der Waals surface area contributed by atoms with Gasteiger partial charge in [0.05, 0.1) is 12.3 Å². The second kappa shape index (κ2) is 9.71. The predicted octanol–water partition coefficient (Wildman–Crippen LogP) is 6.23. The van der Waals surface area contributed by atoms with Gasteiger partial charge in [0.1, 0.15) is 5.82 Å². The van der Waals surface area contributed by atoms with Gasteiger partial charge in [0.15, 0.2) is 0 Å². The highest BCUT2D eigenvalue weighted by atomic mass is 19.1. The zero-order valence-electron chi connectivity index (χ0n) is 18.2. The Balaban J connectivity index is 0.00000119. The van der Waals surface area contributed by atoms with E-state index in [-0.39, 0.29) is 18.3 Å². The molecule has 1 aromatic heterocycles. The molecule has 1 aliphatic carbocycles. The number of benzene rings is 3. The Hall–Kier alpha value is -3.57. The van der Waals surface area contributed by atoms with E-state index in [1.807, 2.05) is 74.6 Å². The molecule has 0 saturated carbocycles. The van der Waals surface area contributed by atoms with Crippen LogP contribution in [0.25, 0.3) is 11.3 Å². The molecule has 2 N–H and O–H groups in total. The van der Waals surface area contributed by atoms with E-state index in [2.05, 4.69) is 16.4 Å². The number of aromatic nitrogens is 2. The van der Waals surface area contributed by atoms with E-state index in [0.717, 1.165) is 33.6 Å². The highest BCUT2D eigenvalue weighted by molar-refractivity contribution is 5.73. The summed E-state index contributed by atoms with van der Waals surface area (Å²) >= 11 is 0. The molecule has 0 fully saturated rings. The summed E-state index contributed by atoms with van der Waals surface area (Å²) < 4.78 is 14.6. The fourth-order valence-corrected chi connectivity index (χ4v) is 4.11. The van der Waals surface area contributed by atoms with Crippen LogP contribution in [0.4, 0.5) is 16.0 Å². The Bertz CT molecular complexity index is 1220. The van der Waals surface area contributed by atoms with Gasteiger partial charge in [-0.25, -0.2) is 14.4 Å². The summed E-state index contributed by atoms with van der Waals surface area (Å²) in [6, 6.07) is 22.5. The van der Waals surface area contributed by atoms with Crippen molar-refractivity contribution in [2.24, 2.45) is 0 Å². The number of rotatable bonds is 4. The van der Waals surface area contributed by atoms with Crippen LogP contribution in [0.5, 0.6) is 0 Å². The van der Waals surface area contributed by atoms with Gasteiger partial charge in [0.2, 0.25) is 5.95 Å². The topological polar surface area (TPSA) is 58.0 Å². The Kier molecular flexibility index (Phi) is 6.57. The first-order valence-corrected chi connectivity index (χ1v) is 10.9. The van der Waals surface area contributed by atoms with Gasteiger partial charge < -0.3 is 10.4 Å². The van der Waals surface area contributed by atoms with Crippen LogP contribution in [-0.4, -0.2) is 15.1 Å². The van der Waals surface area contributed by atoms with Gasteiger partial charge in [-0.05, 0) is 46.9 Å². The monoisotopic (exact) mass is 427 g/mol. The number of nitrogens with one attached hydrogen (secondary N) is 1. The minimum Gasteiger partial charge on any atom is -0.392 e. The molecule has 1 atom stereocenters. The quantitative estimate of drug-likeness (QED) is 0.405. The van der Waals surface area contributed by atoms with Crippen molar-refractivity contribution in [3.05, 3.63) is 107 Å². The third-order valence-electron chi connectivity index (χ3n) is 5.53. The van der Waals surface area contributed by atoms with Gasteiger partial charge in [-0.2, -0.15) is 0 Å². The summed E-state index contributed by atoms with van der Waals surface area (Å²) in [4.78, 5) is 9.27. The van der Waals surface area contributed by atoms with Gasteiger partial charge in [-0.1, -0.05) is 68.4 Å². The van der Waals surface area contributed by atoms with Gasteiger partial charge >= 0.3 is 0 Å². The van der Waals surface area contributed by atoms with Gasteiger partial charge in [-0.15, -0.1) is 0 Å². The number of anilines is 2. The SMILES string of the molecule is CC.OCc1cccc(Nc2ncc3c(n2)-c2ccccc2C(c2ccccc2F)C3)c1. The summed E-state index contributed by atoms with van der Waals surface area (Å²) in [5.41, 5.74) is 6.26. The van der Waals surface area contributed by atoms with Crippen molar-refractivity contribution in [1.29, 1.82) is 0 Å². The molecule has 1 aliphatic rings. The van der Waals surface area contributed by atoms with Crippen LogP contribution < -0.4 is 5.32 Å². The van der Waals surface area contributed by atoms with Crippen LogP contribution >= 0.6 is 0 Å². The number of nitrogens with zero attached hydrogens (tertiary/aromatic N) is 2. The summed E-state index contributed by atoms with van der Waals surface area (Å²) in [7, 11) is 0. The zero-order valence-corrected chi connectivity index (χ0v) is 18.2. The fourth-order valence-electron chi connectivity index (χ4n) is 4.11. The van der Waals surface area contributed by atoms with Gasteiger partial charge in [-0.3, -0.25) is 0 Å². The van der Waals surface area contributed by atoms with E-state index in [9.17, 15) is 9.50 Å². The van der Waals surface area contributed by atoms with Gasteiger partial charge in [0, 0.05) is 23.4 Å². The molecule has 4 aromatic rings. The Morgan fingerprint density at radius 2 is 1.72 bits per heavy atom. The standard InChI is InChI=1S/C25H20FN3O.C2H6/c26-23-11-4-3-9-20(23)22-13-17-14-27-25(28-18-7-5-6-16(12-18)15-30)29-24(17)21-10-2-1-8-19(21)22;1-2/h1-12,14,22,30H,13,15H2,(H,27,28,29);1-2H3. The molecule has 0 amide bonds. The molecule has 1 unspecified atom stereocenters. The molecular formula is C27H26FN3O. The molecule has 1 heterocycles. The minimum atomic E-state index is -0.191. The summed E-state index contributed by atoms with van der Waals surface area (Å²) in [5.74, 6) is 0.227. The largest absolute Gasteiger partial charge is 0.392 e. The molecule has 4 nitrogen and oxygen atoms in total. The van der Waals surface area contributed by atoms with Crippen molar-refractivity contribution >= 4 is 11.6 Å². The lowest BCUT2D eigenvalue weighted by Crippen LogP contribution is -2.16. The zero-order chi connectivity index (χ0) is 22.5. The molecular weight excluding hydrogens is 401 g/mol. The average Bonchev–Trinajstić information content (AvgIpc) is 2.85. The first-order valence-electron chi connectivity index (χ1n) is 10.9. The lowest BCUT2D eigenvalue weighted by molar-refractivity contribution is 0.282. The van der Waals surface area contributed by atoms with Crippen molar-refractivity contribution in [2.45, 2.75) is 32.8 Å². The van der Waals surface area contributed by atoms with Crippen LogP contribution in [0.15, 0.2) is 79.0 Å². The first kappa shape index (κ1) is 21.7. The van der Waals surface area contributed by atoms with Crippen LogP contribution in [0.3, 0.4) is 0 Å². The highest BCUT2D eigenvalue weighted by Gasteiger charge is 2.28. The first-order chi connectivity index (χ1) is 15.7. The molecule has 0 bridgehead atoms. The Labute approximate surface area is 187 Å². The van der Waals surface area contributed by atoms with Crippen LogP contribution in [-0.2, 0) is 13.0 Å². The van der Waals surface area contributed by atoms with Crippen molar-refractivity contribution in [2.75, 3.05) is 5.32 Å². The number of fused-ring (bicyclic) bond motifs is 3. The molecule has 0 spiro atoms. The highest BCUT2D eigenvalue weighted by Crippen LogP contribution is 2.42. The Morgan fingerprint density at radius 1 is 0.969 bits per heavy atom. The smallest absolute Gasteiger partial charge is 0.227 e. The number of hydrogen-bond donors (Lipinski definition) is 2. The molecule has 0 radical (unpaired) electrons. The second-order valence-electron chi connectivity index (χ2n) is 7.42. The van der Waals surface area contributed by atoms with E-state index in [0.29, 0.717) is 17.9 Å². The molecule has 32 heavy (non-hydrogen) atoms. The summed E-state index contributed by atoms with van der Waals surface area (Å²) in [6.45, 7) is 3.98. The van der Waals surface area contributed by atoms with E-state index in [1.54, 1.807) is 6.07 Å². The maximum absolute atomic E-state index is 14.6. The lowest BCUT2D eigenvalue weighted by Gasteiger charge is -2.27. The van der Waals surface area contributed by atoms with Crippen molar-refractivity contribution in [1.82, 2.24) is 9.97 Å². The molecule has 0 saturated heterocycles. The van der Waals surface area contributed by atoms with E-state index in [4.69, 9.17) is 4.98 Å². The van der Waals surface area contributed by atoms with Crippen molar-refractivity contribution in [3.63, 3.8) is 0 Å². The van der Waals surface area contributed by atoms with Crippen LogP contribution in [0.2, 0.25) is 0 Å². The molecule has 5 heteroatoms. The lowest BCUT2D eigenvalue weighted by atomic mass is 9.78. The third-order valence-corrected chi connectivity index (χ3v) is 5.53. The second-order valence-corrected chi connectivity index (χ2v) is 7.42. The van der Waals surface area contributed by atoms with E-state index in [1.165, 1.54) is 6.07 Å². The maximum atomic E-state index is 14.6. The number of hydrogen-bond acceptors (Lipinski definition) is 4. The van der Waals surface area contributed by atoms with Crippen LogP contribution in [0, 0.1) is 5.82 Å². The summed E-state index contributed by atoms with van der Waals surface area (Å²) in [5, 5.41) is 12.6. The molecule has 5 rings (SSSR count). The minimum absolute atomic E-state index is 0.0224. The van der Waals surface area contributed by atoms with Crippen LogP contribution in [0.1, 0.15) is 42.0 Å².